The van der Waals surface area contributed by atoms with E-state index in [2.05, 4.69) is 20.6 Å². The third-order valence-corrected chi connectivity index (χ3v) is 1.79. The number of halogens is 1. The highest BCUT2D eigenvalue weighted by Gasteiger charge is 2.09. The van der Waals surface area contributed by atoms with Gasteiger partial charge in [-0.3, -0.25) is 5.10 Å². The molecule has 0 aliphatic carbocycles. The molecule has 6 heteroatoms. The van der Waals surface area contributed by atoms with Gasteiger partial charge in [-0.25, -0.2) is 5.01 Å². The van der Waals surface area contributed by atoms with Crippen molar-refractivity contribution < 1.29 is 4.74 Å². The van der Waals surface area contributed by atoms with E-state index in [0.717, 1.165) is 32.1 Å². The highest BCUT2D eigenvalue weighted by atomic mass is 35.5. The molecule has 1 aromatic heterocycles. The molecule has 2 N–H and O–H groups in total. The Balaban J connectivity index is 0.000000845. The molecule has 0 unspecified atom stereocenters. The Morgan fingerprint density at radius 3 is 2.85 bits per heavy atom. The molecule has 2 heterocycles. The first kappa shape index (κ1) is 10.3. The molecule has 0 spiro atoms. The lowest BCUT2D eigenvalue weighted by Crippen LogP contribution is -2.40. The topological polar surface area (TPSA) is 53.2 Å². The SMILES string of the molecule is Cl.c1cc(NN2CCOCC2)[nH]n1. The maximum Gasteiger partial charge on any atom is 0.135 e. The Bertz CT molecular complexity index is 222. The van der Waals surface area contributed by atoms with Gasteiger partial charge in [0.15, 0.2) is 0 Å². The Hall–Kier alpha value is -0.780. The second-order valence-electron chi connectivity index (χ2n) is 2.68. The van der Waals surface area contributed by atoms with Gasteiger partial charge in [0.25, 0.3) is 0 Å². The molecule has 1 saturated heterocycles. The van der Waals surface area contributed by atoms with Crippen molar-refractivity contribution >= 4 is 18.2 Å². The first-order valence-electron chi connectivity index (χ1n) is 4.04. The molecular formula is C7H13ClN4O. The lowest BCUT2D eigenvalue weighted by molar-refractivity contribution is 0.0495. The Morgan fingerprint density at radius 1 is 1.46 bits per heavy atom. The predicted octanol–water partition coefficient (Wildman–Crippen LogP) is 0.491. The normalized spacial score (nSPS) is 17.8. The van der Waals surface area contributed by atoms with E-state index in [-0.39, 0.29) is 12.4 Å². The number of aromatic amines is 1. The summed E-state index contributed by atoms with van der Waals surface area (Å²) in [5.41, 5.74) is 3.20. The summed E-state index contributed by atoms with van der Waals surface area (Å²) in [6.07, 6.45) is 1.72. The number of rotatable bonds is 2. The van der Waals surface area contributed by atoms with E-state index < -0.39 is 0 Å². The third kappa shape index (κ3) is 2.87. The van der Waals surface area contributed by atoms with Crippen LogP contribution in [0.4, 0.5) is 5.82 Å². The quantitative estimate of drug-likeness (QED) is 0.737. The number of H-pyrrole nitrogens is 1. The second kappa shape index (κ2) is 5.06. The number of hydrogen-bond donors (Lipinski definition) is 2. The fourth-order valence-corrected chi connectivity index (χ4v) is 1.16. The summed E-state index contributed by atoms with van der Waals surface area (Å²) in [6, 6.07) is 1.90. The average molecular weight is 205 g/mol. The summed E-state index contributed by atoms with van der Waals surface area (Å²) < 4.78 is 5.21. The van der Waals surface area contributed by atoms with Crippen LogP contribution in [0.2, 0.25) is 0 Å². The third-order valence-electron chi connectivity index (χ3n) is 1.79. The van der Waals surface area contributed by atoms with Crippen molar-refractivity contribution in [3.63, 3.8) is 0 Å². The van der Waals surface area contributed by atoms with Crippen LogP contribution in [-0.2, 0) is 4.74 Å². The zero-order valence-corrected chi connectivity index (χ0v) is 8.01. The van der Waals surface area contributed by atoms with Crippen molar-refractivity contribution in [3.8, 4) is 0 Å². The van der Waals surface area contributed by atoms with Gasteiger partial charge < -0.3 is 10.2 Å². The lowest BCUT2D eigenvalue weighted by atomic mass is 10.5. The smallest absolute Gasteiger partial charge is 0.135 e. The maximum atomic E-state index is 5.21. The molecule has 74 valence electrons. The first-order valence-corrected chi connectivity index (χ1v) is 4.04. The fraction of sp³-hybridized carbons (Fsp3) is 0.571. The molecule has 13 heavy (non-hydrogen) atoms. The molecule has 0 amide bonds. The summed E-state index contributed by atoms with van der Waals surface area (Å²) >= 11 is 0. The van der Waals surface area contributed by atoms with E-state index >= 15 is 0 Å². The molecule has 1 aromatic rings. The van der Waals surface area contributed by atoms with Crippen LogP contribution in [0, 0.1) is 0 Å². The van der Waals surface area contributed by atoms with Crippen LogP contribution in [0.1, 0.15) is 0 Å². The van der Waals surface area contributed by atoms with Gasteiger partial charge in [-0.1, -0.05) is 0 Å². The van der Waals surface area contributed by atoms with Crippen LogP contribution in [-0.4, -0.2) is 41.5 Å². The summed E-state index contributed by atoms with van der Waals surface area (Å²) in [5, 5.41) is 8.79. The number of aromatic nitrogens is 2. The summed E-state index contributed by atoms with van der Waals surface area (Å²) in [7, 11) is 0. The van der Waals surface area contributed by atoms with Crippen molar-refractivity contribution in [1.29, 1.82) is 0 Å². The molecule has 1 aliphatic rings. The van der Waals surface area contributed by atoms with E-state index in [0.29, 0.717) is 0 Å². The van der Waals surface area contributed by atoms with Crippen LogP contribution in [0.3, 0.4) is 0 Å². The van der Waals surface area contributed by atoms with Gasteiger partial charge in [-0.2, -0.15) is 5.10 Å². The predicted molar refractivity (Wildman–Crippen MR) is 51.9 cm³/mol. The minimum Gasteiger partial charge on any atom is -0.379 e. The van der Waals surface area contributed by atoms with Gasteiger partial charge in [0.05, 0.1) is 19.4 Å². The monoisotopic (exact) mass is 204 g/mol. The lowest BCUT2D eigenvalue weighted by Gasteiger charge is -2.26. The van der Waals surface area contributed by atoms with Gasteiger partial charge in [-0.15, -0.1) is 12.4 Å². The molecule has 0 atom stereocenters. The van der Waals surface area contributed by atoms with Crippen molar-refractivity contribution in [3.05, 3.63) is 12.3 Å². The van der Waals surface area contributed by atoms with E-state index in [9.17, 15) is 0 Å². The Labute approximate surface area is 82.8 Å². The summed E-state index contributed by atoms with van der Waals surface area (Å²) in [5.74, 6) is 0.928. The van der Waals surface area contributed by atoms with E-state index in [4.69, 9.17) is 4.74 Å². The van der Waals surface area contributed by atoms with Gasteiger partial charge in [0.1, 0.15) is 5.82 Å². The van der Waals surface area contributed by atoms with Crippen LogP contribution < -0.4 is 5.43 Å². The highest BCUT2D eigenvalue weighted by Crippen LogP contribution is 2.02. The van der Waals surface area contributed by atoms with Crippen LogP contribution >= 0.6 is 12.4 Å². The number of anilines is 1. The van der Waals surface area contributed by atoms with Gasteiger partial charge in [0.2, 0.25) is 0 Å². The molecule has 5 nitrogen and oxygen atoms in total. The average Bonchev–Trinajstić information content (AvgIpc) is 2.59. The van der Waals surface area contributed by atoms with Crippen molar-refractivity contribution in [1.82, 2.24) is 15.2 Å². The minimum absolute atomic E-state index is 0. The standard InChI is InChI=1S/C7H12N4O.ClH/c1-2-8-9-7(1)10-11-3-5-12-6-4-11;/h1-2H,3-6H2,(H2,8,9,10);1H. The molecule has 1 aliphatic heterocycles. The largest absolute Gasteiger partial charge is 0.379 e. The van der Waals surface area contributed by atoms with Crippen LogP contribution in [0.5, 0.6) is 0 Å². The highest BCUT2D eigenvalue weighted by molar-refractivity contribution is 5.85. The van der Waals surface area contributed by atoms with Crippen molar-refractivity contribution in [2.24, 2.45) is 0 Å². The van der Waals surface area contributed by atoms with Crippen LogP contribution in [0.15, 0.2) is 12.3 Å². The number of morpholine rings is 1. The van der Waals surface area contributed by atoms with Gasteiger partial charge in [0, 0.05) is 19.2 Å². The van der Waals surface area contributed by atoms with E-state index in [1.807, 2.05) is 6.07 Å². The fourth-order valence-electron chi connectivity index (χ4n) is 1.16. The van der Waals surface area contributed by atoms with Crippen molar-refractivity contribution in [2.45, 2.75) is 0 Å². The molecule has 0 aromatic carbocycles. The number of ether oxygens (including phenoxy) is 1. The van der Waals surface area contributed by atoms with Crippen molar-refractivity contribution in [2.75, 3.05) is 31.7 Å². The Morgan fingerprint density at radius 2 is 2.23 bits per heavy atom. The zero-order chi connectivity index (χ0) is 8.23. The minimum atomic E-state index is 0. The summed E-state index contributed by atoms with van der Waals surface area (Å²) in [4.78, 5) is 0. The Kier molecular flexibility index (Phi) is 4.01. The van der Waals surface area contributed by atoms with Gasteiger partial charge >= 0.3 is 0 Å². The molecule has 0 bridgehead atoms. The molecule has 0 saturated carbocycles. The van der Waals surface area contributed by atoms with Crippen LogP contribution in [0.25, 0.3) is 0 Å². The molecular weight excluding hydrogens is 192 g/mol. The number of hydrazine groups is 1. The molecule has 0 radical (unpaired) electrons. The molecule has 1 fully saturated rings. The maximum absolute atomic E-state index is 5.21. The zero-order valence-electron chi connectivity index (χ0n) is 7.19. The molecule has 2 rings (SSSR count). The first-order chi connectivity index (χ1) is 5.95. The summed E-state index contributed by atoms with van der Waals surface area (Å²) in [6.45, 7) is 3.42. The second-order valence-corrected chi connectivity index (χ2v) is 2.68. The van der Waals surface area contributed by atoms with Gasteiger partial charge in [-0.05, 0) is 0 Å². The van der Waals surface area contributed by atoms with E-state index in [1.54, 1.807) is 6.20 Å². The number of hydrogen-bond acceptors (Lipinski definition) is 4. The number of nitrogens with zero attached hydrogens (tertiary/aromatic N) is 2. The van der Waals surface area contributed by atoms with E-state index in [1.165, 1.54) is 0 Å². The number of nitrogens with one attached hydrogen (secondary N) is 2.